The van der Waals surface area contributed by atoms with Crippen molar-refractivity contribution >= 4 is 22.9 Å². The molecule has 1 aliphatic heterocycles. The van der Waals surface area contributed by atoms with Gasteiger partial charge in [-0.3, -0.25) is 4.79 Å². The number of ether oxygens (including phenoxy) is 2. The molecule has 2 amide bonds. The van der Waals surface area contributed by atoms with E-state index >= 15 is 0 Å². The van der Waals surface area contributed by atoms with Crippen LogP contribution >= 0.6 is 0 Å². The molecular weight excluding hydrogens is 368 g/mol. The first-order valence-electron chi connectivity index (χ1n) is 9.70. The summed E-state index contributed by atoms with van der Waals surface area (Å²) in [4.78, 5) is 26.6. The van der Waals surface area contributed by atoms with Gasteiger partial charge in [-0.25, -0.2) is 9.69 Å². The quantitative estimate of drug-likeness (QED) is 0.621. The van der Waals surface area contributed by atoms with E-state index in [9.17, 15) is 9.59 Å². The van der Waals surface area contributed by atoms with E-state index in [1.165, 1.54) is 4.90 Å². The first-order valence-corrected chi connectivity index (χ1v) is 9.70. The second-order valence-electron chi connectivity index (χ2n) is 7.36. The number of fused-ring (bicyclic) bond motifs is 1. The molecule has 6 heteroatoms. The Labute approximate surface area is 169 Å². The van der Waals surface area contributed by atoms with Gasteiger partial charge >= 0.3 is 6.09 Å². The van der Waals surface area contributed by atoms with Gasteiger partial charge in [0.05, 0.1) is 5.52 Å². The lowest BCUT2D eigenvalue weighted by Crippen LogP contribution is -2.34. The second kappa shape index (κ2) is 8.09. The number of hydrogen-bond donors (Lipinski definition) is 0. The van der Waals surface area contributed by atoms with Crippen molar-refractivity contribution in [3.05, 3.63) is 71.9 Å². The minimum atomic E-state index is -0.571. The van der Waals surface area contributed by atoms with Crippen molar-refractivity contribution < 1.29 is 19.1 Å². The zero-order chi connectivity index (χ0) is 20.4. The summed E-state index contributed by atoms with van der Waals surface area (Å²) < 4.78 is 12.5. The summed E-state index contributed by atoms with van der Waals surface area (Å²) in [5, 5.41) is 1.09. The van der Waals surface area contributed by atoms with Gasteiger partial charge in [0.1, 0.15) is 19.4 Å². The van der Waals surface area contributed by atoms with Crippen LogP contribution in [0.4, 0.5) is 4.79 Å². The summed E-state index contributed by atoms with van der Waals surface area (Å²) >= 11 is 0. The fourth-order valence-electron chi connectivity index (χ4n) is 4.00. The second-order valence-corrected chi connectivity index (χ2v) is 7.36. The molecule has 29 heavy (non-hydrogen) atoms. The SMILES string of the molecule is COCn1cc(C(C)CC(=O)N2C(=O)OCC2c2ccccc2)c2ccccc21. The Balaban J connectivity index is 1.58. The number of amides is 2. The van der Waals surface area contributed by atoms with Crippen LogP contribution in [0.5, 0.6) is 0 Å². The number of hydrogen-bond acceptors (Lipinski definition) is 4. The fourth-order valence-corrected chi connectivity index (χ4v) is 4.00. The average molecular weight is 392 g/mol. The molecule has 1 aromatic heterocycles. The Morgan fingerprint density at radius 2 is 1.90 bits per heavy atom. The highest BCUT2D eigenvalue weighted by molar-refractivity contribution is 5.94. The number of carbonyl (C=O) groups is 2. The average Bonchev–Trinajstić information content (AvgIpc) is 3.30. The summed E-state index contributed by atoms with van der Waals surface area (Å²) in [7, 11) is 1.66. The van der Waals surface area contributed by atoms with E-state index in [0.717, 1.165) is 22.0 Å². The Hall–Kier alpha value is -3.12. The number of para-hydroxylation sites is 1. The molecule has 3 aromatic rings. The van der Waals surface area contributed by atoms with Gasteiger partial charge in [-0.1, -0.05) is 55.5 Å². The molecule has 0 bridgehead atoms. The molecule has 2 aromatic carbocycles. The van der Waals surface area contributed by atoms with Crippen LogP contribution in [-0.4, -0.2) is 35.2 Å². The smallest absolute Gasteiger partial charge is 0.417 e. The molecule has 1 saturated heterocycles. The Bertz CT molecular complexity index is 1030. The van der Waals surface area contributed by atoms with Gasteiger partial charge in [-0.2, -0.15) is 0 Å². The van der Waals surface area contributed by atoms with E-state index in [0.29, 0.717) is 6.73 Å². The number of methoxy groups -OCH3 is 1. The summed E-state index contributed by atoms with van der Waals surface area (Å²) in [6, 6.07) is 17.2. The van der Waals surface area contributed by atoms with Gasteiger partial charge in [-0.05, 0) is 23.1 Å². The first kappa shape index (κ1) is 19.2. The van der Waals surface area contributed by atoms with Crippen LogP contribution in [0.1, 0.15) is 36.4 Å². The highest BCUT2D eigenvalue weighted by Crippen LogP contribution is 2.33. The number of aromatic nitrogens is 1. The fraction of sp³-hybridized carbons (Fsp3) is 0.304. The van der Waals surface area contributed by atoms with E-state index < -0.39 is 6.09 Å². The molecule has 2 atom stereocenters. The Kier molecular flexibility index (Phi) is 5.36. The van der Waals surface area contributed by atoms with Gasteiger partial charge in [-0.15, -0.1) is 0 Å². The van der Waals surface area contributed by atoms with Crippen LogP contribution in [0.3, 0.4) is 0 Å². The summed E-state index contributed by atoms with van der Waals surface area (Å²) in [5.41, 5.74) is 3.03. The van der Waals surface area contributed by atoms with E-state index in [4.69, 9.17) is 9.47 Å². The number of benzene rings is 2. The molecular formula is C23H24N2O4. The normalized spacial score (nSPS) is 17.5. The minimum absolute atomic E-state index is 0.0599. The summed E-state index contributed by atoms with van der Waals surface area (Å²) in [5.74, 6) is -0.284. The third kappa shape index (κ3) is 3.63. The van der Waals surface area contributed by atoms with E-state index in [2.05, 4.69) is 6.07 Å². The highest BCUT2D eigenvalue weighted by Gasteiger charge is 2.39. The van der Waals surface area contributed by atoms with Gasteiger partial charge in [0.25, 0.3) is 0 Å². The van der Waals surface area contributed by atoms with Crippen molar-refractivity contribution in [2.45, 2.75) is 32.0 Å². The van der Waals surface area contributed by atoms with Crippen molar-refractivity contribution in [2.24, 2.45) is 0 Å². The Morgan fingerprint density at radius 3 is 2.66 bits per heavy atom. The molecule has 0 saturated carbocycles. The predicted molar refractivity (Wildman–Crippen MR) is 109 cm³/mol. The van der Waals surface area contributed by atoms with Crippen LogP contribution in [0.2, 0.25) is 0 Å². The maximum absolute atomic E-state index is 13.1. The van der Waals surface area contributed by atoms with Crippen molar-refractivity contribution in [3.8, 4) is 0 Å². The molecule has 150 valence electrons. The maximum Gasteiger partial charge on any atom is 0.417 e. The highest BCUT2D eigenvalue weighted by atomic mass is 16.6. The lowest BCUT2D eigenvalue weighted by molar-refractivity contribution is -0.129. The van der Waals surface area contributed by atoms with Crippen LogP contribution < -0.4 is 0 Å². The summed E-state index contributed by atoms with van der Waals surface area (Å²) in [6.45, 7) is 2.64. The molecule has 2 unspecified atom stereocenters. The van der Waals surface area contributed by atoms with Crippen molar-refractivity contribution in [2.75, 3.05) is 13.7 Å². The van der Waals surface area contributed by atoms with Gasteiger partial charge in [0.15, 0.2) is 0 Å². The Morgan fingerprint density at radius 1 is 1.17 bits per heavy atom. The predicted octanol–water partition coefficient (Wildman–Crippen LogP) is 4.46. The van der Waals surface area contributed by atoms with Crippen LogP contribution in [0, 0.1) is 0 Å². The van der Waals surface area contributed by atoms with Crippen molar-refractivity contribution in [1.82, 2.24) is 9.47 Å². The molecule has 1 fully saturated rings. The zero-order valence-electron chi connectivity index (χ0n) is 16.6. The monoisotopic (exact) mass is 392 g/mol. The number of rotatable bonds is 6. The van der Waals surface area contributed by atoms with Crippen LogP contribution in [-0.2, 0) is 21.0 Å². The molecule has 0 radical (unpaired) electrons. The molecule has 0 N–H and O–H groups in total. The third-order valence-corrected chi connectivity index (χ3v) is 5.43. The maximum atomic E-state index is 13.1. The molecule has 6 nitrogen and oxygen atoms in total. The molecule has 0 aliphatic carbocycles. The van der Waals surface area contributed by atoms with Crippen molar-refractivity contribution in [3.63, 3.8) is 0 Å². The largest absolute Gasteiger partial charge is 0.446 e. The zero-order valence-corrected chi connectivity index (χ0v) is 16.6. The lowest BCUT2D eigenvalue weighted by atomic mass is 9.96. The van der Waals surface area contributed by atoms with Crippen LogP contribution in [0.25, 0.3) is 10.9 Å². The number of nitrogens with zero attached hydrogens (tertiary/aromatic N) is 2. The van der Waals surface area contributed by atoms with Crippen LogP contribution in [0.15, 0.2) is 60.8 Å². The standard InChI is InChI=1S/C23H24N2O4/c1-16(19-13-24(15-28-2)20-11-7-6-10-18(19)20)12-22(26)25-21(14-29-23(25)27)17-8-4-3-5-9-17/h3-11,13,16,21H,12,14-15H2,1-2H3. The number of carbonyl (C=O) groups excluding carboxylic acids is 2. The van der Waals surface area contributed by atoms with E-state index in [1.54, 1.807) is 7.11 Å². The van der Waals surface area contributed by atoms with E-state index in [1.807, 2.05) is 66.2 Å². The molecule has 1 aliphatic rings. The van der Waals surface area contributed by atoms with Gasteiger partial charge < -0.3 is 14.0 Å². The lowest BCUT2D eigenvalue weighted by Gasteiger charge is -2.21. The number of imide groups is 1. The molecule has 0 spiro atoms. The minimum Gasteiger partial charge on any atom is -0.446 e. The van der Waals surface area contributed by atoms with Crippen molar-refractivity contribution in [1.29, 1.82) is 0 Å². The van der Waals surface area contributed by atoms with E-state index in [-0.39, 0.29) is 30.9 Å². The first-order chi connectivity index (χ1) is 14.1. The van der Waals surface area contributed by atoms with Gasteiger partial charge in [0.2, 0.25) is 5.91 Å². The third-order valence-electron chi connectivity index (χ3n) is 5.43. The molecule has 4 rings (SSSR count). The molecule has 2 heterocycles. The number of cyclic esters (lactones) is 1. The summed E-state index contributed by atoms with van der Waals surface area (Å²) in [6.07, 6.45) is 1.68. The van der Waals surface area contributed by atoms with Gasteiger partial charge in [0, 0.05) is 25.1 Å². The topological polar surface area (TPSA) is 60.8 Å².